The van der Waals surface area contributed by atoms with E-state index in [-0.39, 0.29) is 42.8 Å². The van der Waals surface area contributed by atoms with Crippen molar-refractivity contribution in [2.75, 3.05) is 162 Å². The van der Waals surface area contributed by atoms with Crippen LogP contribution in [0.25, 0.3) is 0 Å². The van der Waals surface area contributed by atoms with E-state index in [1.165, 1.54) is 12.1 Å². The number of anilines is 2. The summed E-state index contributed by atoms with van der Waals surface area (Å²) in [5, 5.41) is 28.1. The second kappa shape index (κ2) is 35.8. The fourth-order valence-corrected chi connectivity index (χ4v) is 4.68. The van der Waals surface area contributed by atoms with E-state index in [9.17, 15) is 25.0 Å². The Balaban J connectivity index is 1.21. The van der Waals surface area contributed by atoms with Gasteiger partial charge in [0.15, 0.2) is 0 Å². The molecule has 0 saturated carbocycles. The second-order valence-electron chi connectivity index (χ2n) is 12.3. The fourth-order valence-electron chi connectivity index (χ4n) is 4.68. The maximum Gasteiger partial charge on any atom is 0.338 e. The summed E-state index contributed by atoms with van der Waals surface area (Å²) in [6.07, 6.45) is 2.22. The van der Waals surface area contributed by atoms with Crippen LogP contribution in [0.4, 0.5) is 22.7 Å². The van der Waals surface area contributed by atoms with Gasteiger partial charge in [-0.25, -0.2) is 4.79 Å². The van der Waals surface area contributed by atoms with E-state index >= 15 is 0 Å². The van der Waals surface area contributed by atoms with Crippen molar-refractivity contribution in [1.29, 1.82) is 0 Å². The highest BCUT2D eigenvalue weighted by Gasteiger charge is 2.19. The van der Waals surface area contributed by atoms with E-state index in [0.717, 1.165) is 31.1 Å². The summed E-state index contributed by atoms with van der Waals surface area (Å²) in [4.78, 5) is 32.8. The van der Waals surface area contributed by atoms with Crippen molar-refractivity contribution in [2.45, 2.75) is 19.8 Å². The van der Waals surface area contributed by atoms with E-state index in [4.69, 9.17) is 52.1 Å². The molecule has 0 amide bonds. The summed E-state index contributed by atoms with van der Waals surface area (Å²) >= 11 is 0. The number of non-ortho nitro benzene ring substituents is 1. The molecule has 0 spiro atoms. The van der Waals surface area contributed by atoms with Gasteiger partial charge in [-0.1, -0.05) is 13.3 Å². The molecule has 0 radical (unpaired) electrons. The number of carbonyl (C=O) groups excluding carboxylic acids is 1. The average Bonchev–Trinajstić information content (AvgIpc) is 3.24. The van der Waals surface area contributed by atoms with Gasteiger partial charge in [0.1, 0.15) is 12.3 Å². The molecular weight excluding hydrogens is 780 g/mol. The zero-order chi connectivity index (χ0) is 42.4. The molecule has 0 aliphatic heterocycles. The molecule has 2 aromatic carbocycles. The minimum Gasteiger partial charge on any atom is -0.460 e. The summed E-state index contributed by atoms with van der Waals surface area (Å²) in [7, 11) is 0. The lowest BCUT2D eigenvalue weighted by Crippen LogP contribution is -2.16. The van der Waals surface area contributed by atoms with Crippen molar-refractivity contribution in [3.63, 3.8) is 0 Å². The highest BCUT2D eigenvalue weighted by Crippen LogP contribution is 2.28. The zero-order valence-electron chi connectivity index (χ0n) is 34.1. The standard InChI is InChI=1S/C39H62N4O16/c1-2-3-10-40-35-6-4-34(5-7-35)39(44)59-32-31-58-30-29-57-28-27-56-26-25-55-24-23-54-22-21-53-20-19-52-18-17-51-16-15-50-14-13-49-12-11-41-37-9-8-36(42(45)46)33-38(37)43(47)48/h4-9,33,40-41H,2-3,10-32H2,1H3. The number of nitro benzene ring substituents is 2. The minimum atomic E-state index is -0.683. The quantitative estimate of drug-likeness (QED) is 0.0415. The maximum atomic E-state index is 12.1. The third kappa shape index (κ3) is 27.3. The summed E-state index contributed by atoms with van der Waals surface area (Å²) < 4.78 is 59.9. The van der Waals surface area contributed by atoms with Crippen molar-refractivity contribution in [3.05, 3.63) is 68.3 Å². The first kappa shape index (κ1) is 51.1. The smallest absolute Gasteiger partial charge is 0.338 e. The van der Waals surface area contributed by atoms with E-state index < -0.39 is 9.85 Å². The third-order valence-electron chi connectivity index (χ3n) is 7.74. The molecule has 59 heavy (non-hydrogen) atoms. The summed E-state index contributed by atoms with van der Waals surface area (Å²) in [6, 6.07) is 10.7. The Kier molecular flexibility index (Phi) is 31.0. The van der Waals surface area contributed by atoms with Crippen LogP contribution in [0.15, 0.2) is 42.5 Å². The van der Waals surface area contributed by atoms with Crippen LogP contribution in [0, 0.1) is 20.2 Å². The lowest BCUT2D eigenvalue weighted by Gasteiger charge is -2.09. The van der Waals surface area contributed by atoms with Gasteiger partial charge in [0.05, 0.1) is 154 Å². The number of hydrogen-bond donors (Lipinski definition) is 2. The summed E-state index contributed by atoms with van der Waals surface area (Å²) in [5.41, 5.74) is 0.952. The van der Waals surface area contributed by atoms with E-state index in [1.807, 2.05) is 12.1 Å². The molecule has 0 atom stereocenters. The fraction of sp³-hybridized carbons (Fsp3) is 0.667. The molecule has 0 aliphatic carbocycles. The largest absolute Gasteiger partial charge is 0.460 e. The van der Waals surface area contributed by atoms with Crippen molar-refractivity contribution in [2.24, 2.45) is 0 Å². The third-order valence-corrected chi connectivity index (χ3v) is 7.74. The Hall–Kier alpha value is -4.09. The van der Waals surface area contributed by atoms with E-state index in [0.29, 0.717) is 131 Å². The lowest BCUT2D eigenvalue weighted by atomic mass is 10.2. The first-order valence-electron chi connectivity index (χ1n) is 19.9. The van der Waals surface area contributed by atoms with Crippen LogP contribution < -0.4 is 10.6 Å². The Labute approximate surface area is 345 Å². The summed E-state index contributed by atoms with van der Waals surface area (Å²) in [6.45, 7) is 11.7. The van der Waals surface area contributed by atoms with Gasteiger partial charge in [0, 0.05) is 24.8 Å². The predicted octanol–water partition coefficient (Wildman–Crippen LogP) is 4.15. The Morgan fingerprint density at radius 1 is 0.508 bits per heavy atom. The molecule has 0 bridgehead atoms. The first-order chi connectivity index (χ1) is 28.9. The Morgan fingerprint density at radius 3 is 1.31 bits per heavy atom. The van der Waals surface area contributed by atoms with E-state index in [2.05, 4.69) is 17.6 Å². The topological polar surface area (TPSA) is 229 Å². The van der Waals surface area contributed by atoms with Crippen LogP contribution in [-0.2, 0) is 52.1 Å². The minimum absolute atomic E-state index is 0.174. The SMILES string of the molecule is CCCCNc1ccc(C(=O)OCCOCCOCCOCCOCCOCCOCCOCCOCCOCCOCCNc2ccc([N+](=O)[O-])cc2[N+](=O)[O-])cc1. The van der Waals surface area contributed by atoms with Gasteiger partial charge in [-0.2, -0.15) is 0 Å². The molecule has 20 heteroatoms. The van der Waals surface area contributed by atoms with Gasteiger partial charge in [-0.05, 0) is 36.8 Å². The number of ether oxygens (including phenoxy) is 11. The van der Waals surface area contributed by atoms with Crippen LogP contribution in [0.3, 0.4) is 0 Å². The summed E-state index contributed by atoms with van der Waals surface area (Å²) in [5.74, 6) is -0.374. The van der Waals surface area contributed by atoms with Gasteiger partial charge < -0.3 is 62.7 Å². The molecule has 2 aromatic rings. The van der Waals surface area contributed by atoms with Crippen molar-refractivity contribution >= 4 is 28.7 Å². The number of benzene rings is 2. The number of rotatable bonds is 41. The zero-order valence-corrected chi connectivity index (χ0v) is 34.1. The molecule has 2 N–H and O–H groups in total. The number of nitro groups is 2. The number of esters is 1. The predicted molar refractivity (Wildman–Crippen MR) is 217 cm³/mol. The average molecular weight is 843 g/mol. The maximum absolute atomic E-state index is 12.1. The molecular formula is C39H62N4O16. The number of nitrogens with zero attached hydrogens (tertiary/aromatic N) is 2. The van der Waals surface area contributed by atoms with Crippen molar-refractivity contribution < 1.29 is 66.7 Å². The Morgan fingerprint density at radius 2 is 0.915 bits per heavy atom. The molecule has 0 unspecified atom stereocenters. The van der Waals surface area contributed by atoms with Gasteiger partial charge in [0.2, 0.25) is 0 Å². The highest BCUT2D eigenvalue weighted by atomic mass is 16.6. The molecule has 0 heterocycles. The normalized spacial score (nSPS) is 11.1. The van der Waals surface area contributed by atoms with Crippen molar-refractivity contribution in [3.8, 4) is 0 Å². The second-order valence-corrected chi connectivity index (χ2v) is 12.3. The van der Waals surface area contributed by atoms with Crippen LogP contribution in [-0.4, -0.2) is 168 Å². The van der Waals surface area contributed by atoms with Gasteiger partial charge >= 0.3 is 5.97 Å². The van der Waals surface area contributed by atoms with Crippen LogP contribution in [0.1, 0.15) is 30.1 Å². The molecule has 0 aromatic heterocycles. The van der Waals surface area contributed by atoms with Gasteiger partial charge in [-0.15, -0.1) is 0 Å². The first-order valence-corrected chi connectivity index (χ1v) is 19.9. The van der Waals surface area contributed by atoms with Crippen LogP contribution in [0.2, 0.25) is 0 Å². The van der Waals surface area contributed by atoms with Crippen LogP contribution >= 0.6 is 0 Å². The molecule has 2 rings (SSSR count). The van der Waals surface area contributed by atoms with Gasteiger partial charge in [0.25, 0.3) is 11.4 Å². The number of unbranched alkanes of at least 4 members (excludes halogenated alkanes) is 1. The number of hydrogen-bond acceptors (Lipinski definition) is 18. The molecule has 334 valence electrons. The molecule has 20 nitrogen and oxygen atoms in total. The van der Waals surface area contributed by atoms with E-state index in [1.54, 1.807) is 12.1 Å². The highest BCUT2D eigenvalue weighted by molar-refractivity contribution is 5.89. The Bertz CT molecular complexity index is 1370. The molecule has 0 saturated heterocycles. The number of carbonyl (C=O) groups is 1. The van der Waals surface area contributed by atoms with Gasteiger partial charge in [-0.3, -0.25) is 20.2 Å². The monoisotopic (exact) mass is 842 g/mol. The van der Waals surface area contributed by atoms with Crippen molar-refractivity contribution in [1.82, 2.24) is 0 Å². The number of nitrogens with one attached hydrogen (secondary N) is 2. The molecule has 0 aliphatic rings. The lowest BCUT2D eigenvalue weighted by molar-refractivity contribution is -0.393. The van der Waals surface area contributed by atoms with Crippen LogP contribution in [0.5, 0.6) is 0 Å². The molecule has 0 fully saturated rings.